The number of Topliss-reactive ketones (excluding diaryl/α,β-unsaturated/α-hetero) is 1. The predicted octanol–water partition coefficient (Wildman–Crippen LogP) is 5.46. The summed E-state index contributed by atoms with van der Waals surface area (Å²) < 4.78 is 11.2. The minimum Gasteiger partial charge on any atom is -0.508 e. The molecule has 4 amide bonds. The number of rotatable bonds is 8. The molecule has 7 unspecified atom stereocenters. The van der Waals surface area contributed by atoms with Crippen LogP contribution in [0.3, 0.4) is 0 Å². The van der Waals surface area contributed by atoms with Crippen molar-refractivity contribution in [2.45, 2.75) is 107 Å². The fourth-order valence-corrected chi connectivity index (χ4v) is 10.4. The number of alkyl carbamates (subject to hydrolysis) is 1. The van der Waals surface area contributed by atoms with Gasteiger partial charge in [0.25, 0.3) is 0 Å². The Morgan fingerprint density at radius 3 is 2.84 bits per heavy atom. The Morgan fingerprint density at radius 1 is 1.19 bits per heavy atom. The van der Waals surface area contributed by atoms with Gasteiger partial charge >= 0.3 is 18.2 Å². The molecule has 10 nitrogen and oxygen atoms in total. The van der Waals surface area contributed by atoms with Crippen LogP contribution in [0, 0.1) is 17.3 Å². The Kier molecular flexibility index (Phi) is 8.54. The molecule has 2 saturated heterocycles. The van der Waals surface area contributed by atoms with Crippen molar-refractivity contribution in [2.75, 3.05) is 12.5 Å². The Bertz CT molecular complexity index is 1280. The lowest BCUT2D eigenvalue weighted by Gasteiger charge is -2.50. The summed E-state index contributed by atoms with van der Waals surface area (Å²) in [4.78, 5) is 50.6. The number of aryl methyl sites for hydroxylation is 1. The van der Waals surface area contributed by atoms with Crippen LogP contribution >= 0.6 is 11.8 Å². The van der Waals surface area contributed by atoms with Crippen LogP contribution < -0.4 is 10.6 Å². The molecule has 0 spiro atoms. The first-order chi connectivity index (χ1) is 20.7. The number of ketones is 1. The molecule has 1 aromatic carbocycles. The molecule has 8 atom stereocenters. The van der Waals surface area contributed by atoms with Gasteiger partial charge in [-0.2, -0.15) is 11.8 Å². The monoisotopic (exact) mass is 613 g/mol. The molecule has 2 heterocycles. The van der Waals surface area contributed by atoms with E-state index in [0.717, 1.165) is 62.7 Å². The van der Waals surface area contributed by atoms with Gasteiger partial charge in [0.2, 0.25) is 0 Å². The summed E-state index contributed by atoms with van der Waals surface area (Å²) in [5.74, 6) is 2.63. The standard InChI is InChI=1S/C32H43N3O7S/c1-18(36)5-3-4-6-26-28-25(16-43-26)35(29(38)34-28)31(40)41-17-33-30(39)42-27-12-11-24-23-9-7-19-15-20(37)8-10-21(19)22(23)13-14-32(24,27)2/h8,10,15,22-28,37H,3-7,9,11-14,16-17H2,1-2H3,(H,33,39)(H,34,38)/t22?,23?,24?,25?,26?,27-,28?,32?/m0/s1. The number of aromatic hydroxyl groups is 1. The third-order valence-electron chi connectivity index (χ3n) is 10.9. The Hall–Kier alpha value is -2.95. The topological polar surface area (TPSA) is 134 Å². The lowest BCUT2D eigenvalue weighted by Crippen LogP contribution is -2.46. The van der Waals surface area contributed by atoms with Crippen LogP contribution in [0.2, 0.25) is 0 Å². The molecule has 2 aliphatic heterocycles. The number of hydrogen-bond acceptors (Lipinski definition) is 8. The Morgan fingerprint density at radius 2 is 2.02 bits per heavy atom. The van der Waals surface area contributed by atoms with Gasteiger partial charge in [-0.1, -0.05) is 19.4 Å². The molecule has 0 bridgehead atoms. The van der Waals surface area contributed by atoms with E-state index in [1.54, 1.807) is 24.8 Å². The quantitative estimate of drug-likeness (QED) is 0.200. The van der Waals surface area contributed by atoms with Crippen molar-refractivity contribution >= 4 is 35.8 Å². The summed E-state index contributed by atoms with van der Waals surface area (Å²) in [6.45, 7) is 3.47. The number of benzene rings is 1. The van der Waals surface area contributed by atoms with Crippen LogP contribution in [0.15, 0.2) is 18.2 Å². The van der Waals surface area contributed by atoms with E-state index >= 15 is 0 Å². The first kappa shape index (κ1) is 30.1. The number of ether oxygens (including phenoxy) is 2. The summed E-state index contributed by atoms with van der Waals surface area (Å²) in [5.41, 5.74) is 2.53. The zero-order valence-corrected chi connectivity index (χ0v) is 25.8. The zero-order chi connectivity index (χ0) is 30.3. The molecule has 4 fully saturated rings. The van der Waals surface area contributed by atoms with E-state index in [-0.39, 0.29) is 41.4 Å². The van der Waals surface area contributed by atoms with E-state index in [0.29, 0.717) is 35.7 Å². The van der Waals surface area contributed by atoms with E-state index < -0.39 is 18.2 Å². The van der Waals surface area contributed by atoms with E-state index in [9.17, 15) is 24.3 Å². The summed E-state index contributed by atoms with van der Waals surface area (Å²) in [6.07, 6.45) is 7.44. The third-order valence-corrected chi connectivity index (χ3v) is 12.4. The Balaban J connectivity index is 0.968. The zero-order valence-electron chi connectivity index (χ0n) is 25.0. The number of hydrogen-bond donors (Lipinski definition) is 3. The van der Waals surface area contributed by atoms with Crippen molar-refractivity contribution in [3.05, 3.63) is 29.3 Å². The molecule has 5 aliphatic rings. The molecule has 2 saturated carbocycles. The molecule has 43 heavy (non-hydrogen) atoms. The second kappa shape index (κ2) is 12.2. The number of carbonyl (C=O) groups excluding carboxylic acids is 4. The maximum atomic E-state index is 12.8. The van der Waals surface area contributed by atoms with Crippen molar-refractivity contribution < 1.29 is 33.8 Å². The van der Waals surface area contributed by atoms with Crippen molar-refractivity contribution in [3.63, 3.8) is 0 Å². The SMILES string of the molecule is CC(=O)CCCCC1SCC2C1NC(=O)N2C(=O)OCNC(=O)O[C@H]1CCC2C3CCc4cc(O)ccc4C3CCC21C. The van der Waals surface area contributed by atoms with Gasteiger partial charge in [0, 0.05) is 22.8 Å². The van der Waals surface area contributed by atoms with E-state index in [2.05, 4.69) is 23.6 Å². The number of nitrogens with zero attached hydrogens (tertiary/aromatic N) is 1. The molecular formula is C32H43N3O7S. The van der Waals surface area contributed by atoms with Crippen molar-refractivity contribution in [1.82, 2.24) is 15.5 Å². The second-order valence-electron chi connectivity index (χ2n) is 13.3. The van der Waals surface area contributed by atoms with E-state index in [4.69, 9.17) is 9.47 Å². The van der Waals surface area contributed by atoms with Gasteiger partial charge in [-0.25, -0.2) is 19.3 Å². The highest BCUT2D eigenvalue weighted by Crippen LogP contribution is 2.61. The van der Waals surface area contributed by atoms with Gasteiger partial charge in [0.15, 0.2) is 6.73 Å². The van der Waals surface area contributed by atoms with Gasteiger partial charge in [0.1, 0.15) is 17.6 Å². The van der Waals surface area contributed by atoms with Gasteiger partial charge in [0.05, 0.1) is 12.1 Å². The summed E-state index contributed by atoms with van der Waals surface area (Å²) >= 11 is 1.73. The van der Waals surface area contributed by atoms with Crippen molar-refractivity contribution in [1.29, 1.82) is 0 Å². The van der Waals surface area contributed by atoms with Crippen LogP contribution in [0.5, 0.6) is 5.75 Å². The lowest BCUT2D eigenvalue weighted by atomic mass is 9.55. The minimum absolute atomic E-state index is 0.102. The number of nitrogens with one attached hydrogen (secondary N) is 2. The van der Waals surface area contributed by atoms with Crippen LogP contribution in [-0.2, 0) is 20.7 Å². The normalized spacial score (nSPS) is 34.0. The Labute approximate surface area is 257 Å². The van der Waals surface area contributed by atoms with Crippen molar-refractivity contribution in [2.24, 2.45) is 17.3 Å². The molecule has 3 N–H and O–H groups in total. The van der Waals surface area contributed by atoms with Crippen LogP contribution in [0.4, 0.5) is 14.4 Å². The van der Waals surface area contributed by atoms with Crippen molar-refractivity contribution in [3.8, 4) is 5.75 Å². The van der Waals surface area contributed by atoms with E-state index in [1.807, 2.05) is 6.07 Å². The van der Waals surface area contributed by atoms with Gasteiger partial charge in [-0.15, -0.1) is 0 Å². The average Bonchev–Trinajstić information content (AvgIpc) is 3.61. The number of amides is 4. The van der Waals surface area contributed by atoms with E-state index in [1.165, 1.54) is 11.1 Å². The highest BCUT2D eigenvalue weighted by molar-refractivity contribution is 8.00. The summed E-state index contributed by atoms with van der Waals surface area (Å²) in [5, 5.41) is 15.6. The van der Waals surface area contributed by atoms with Crippen LogP contribution in [-0.4, -0.2) is 69.9 Å². The molecule has 3 aliphatic carbocycles. The molecule has 11 heteroatoms. The fraction of sp³-hybridized carbons (Fsp3) is 0.688. The lowest BCUT2D eigenvalue weighted by molar-refractivity contribution is -0.117. The number of thioether (sulfide) groups is 1. The third kappa shape index (κ3) is 5.81. The number of unbranched alkanes of at least 4 members (excludes halogenated alkanes) is 1. The molecular weight excluding hydrogens is 570 g/mol. The first-order valence-electron chi connectivity index (χ1n) is 15.8. The average molecular weight is 614 g/mol. The maximum Gasteiger partial charge on any atom is 0.420 e. The highest BCUT2D eigenvalue weighted by Gasteiger charge is 2.56. The number of phenols is 1. The molecule has 6 rings (SSSR count). The molecule has 0 radical (unpaired) electrons. The van der Waals surface area contributed by atoms with Crippen LogP contribution in [0.1, 0.15) is 88.7 Å². The largest absolute Gasteiger partial charge is 0.508 e. The predicted molar refractivity (Wildman–Crippen MR) is 161 cm³/mol. The first-order valence-corrected chi connectivity index (χ1v) is 16.8. The van der Waals surface area contributed by atoms with Crippen LogP contribution in [0.25, 0.3) is 0 Å². The van der Waals surface area contributed by atoms with Gasteiger partial charge in [-0.3, -0.25) is 5.32 Å². The molecule has 1 aromatic rings. The number of phenolic OH excluding ortho intramolecular Hbond substituents is 1. The number of imide groups is 1. The second-order valence-corrected chi connectivity index (χ2v) is 14.6. The molecule has 0 aromatic heterocycles. The summed E-state index contributed by atoms with van der Waals surface area (Å²) in [7, 11) is 0. The smallest absolute Gasteiger partial charge is 0.420 e. The minimum atomic E-state index is -0.778. The molecule has 234 valence electrons. The van der Waals surface area contributed by atoms with Gasteiger partial charge in [-0.05, 0) is 99.3 Å². The number of fused-ring (bicyclic) bond motifs is 6. The van der Waals surface area contributed by atoms with Gasteiger partial charge < -0.3 is 24.7 Å². The fourth-order valence-electron chi connectivity index (χ4n) is 8.78. The number of urea groups is 1. The number of carbonyl (C=O) groups is 4. The highest BCUT2D eigenvalue weighted by atomic mass is 32.2. The maximum absolute atomic E-state index is 12.8. The summed E-state index contributed by atoms with van der Waals surface area (Å²) in [6, 6.07) is 4.89.